The van der Waals surface area contributed by atoms with Crippen LogP contribution in [0.4, 0.5) is 0 Å². The number of rotatable bonds is 4. The van der Waals surface area contributed by atoms with Gasteiger partial charge in [-0.1, -0.05) is 0 Å². The van der Waals surface area contributed by atoms with Gasteiger partial charge in [0.15, 0.2) is 0 Å². The summed E-state index contributed by atoms with van der Waals surface area (Å²) >= 11 is 3.18. The summed E-state index contributed by atoms with van der Waals surface area (Å²) in [4.78, 5) is 17.8. The summed E-state index contributed by atoms with van der Waals surface area (Å²) in [6.07, 6.45) is 5.82. The zero-order valence-corrected chi connectivity index (χ0v) is 14.2. The van der Waals surface area contributed by atoms with Crippen molar-refractivity contribution in [3.8, 4) is 0 Å². The van der Waals surface area contributed by atoms with Gasteiger partial charge < -0.3 is 4.90 Å². The Balaban J connectivity index is 2.07. The molecule has 1 aromatic heterocycles. The predicted molar refractivity (Wildman–Crippen MR) is 82.2 cm³/mol. The smallest absolute Gasteiger partial charge is 0.242 e. The Hall–Kier alpha value is -0.990. The maximum atomic E-state index is 12.2. The highest BCUT2D eigenvalue weighted by atomic mass is 79.9. The lowest BCUT2D eigenvalue weighted by Crippen LogP contribution is -2.48. The molecule has 2 rings (SSSR count). The number of aromatic nitrogens is 1. The summed E-state index contributed by atoms with van der Waals surface area (Å²) in [6, 6.07) is 0.667. The SMILES string of the molecule is CC(NS(=O)(=O)c1cncc(Br)c1)C(=O)N1CCCCC1. The standard InChI is InChI=1S/C13H18BrN3O3S/c1-10(13(18)17-5-3-2-4-6-17)16-21(19,20)12-7-11(14)8-15-9-12/h7-10,16H,2-6H2,1H3. The van der Waals surface area contributed by atoms with E-state index in [-0.39, 0.29) is 10.8 Å². The molecule has 1 amide bonds. The lowest BCUT2D eigenvalue weighted by Gasteiger charge is -2.29. The van der Waals surface area contributed by atoms with E-state index < -0.39 is 16.1 Å². The van der Waals surface area contributed by atoms with Crippen LogP contribution in [0.5, 0.6) is 0 Å². The van der Waals surface area contributed by atoms with Gasteiger partial charge in [-0.2, -0.15) is 4.72 Å². The molecule has 1 N–H and O–H groups in total. The fraction of sp³-hybridized carbons (Fsp3) is 0.538. The second-order valence-corrected chi connectivity index (χ2v) is 7.70. The van der Waals surface area contributed by atoms with Gasteiger partial charge in [-0.25, -0.2) is 8.42 Å². The highest BCUT2D eigenvalue weighted by molar-refractivity contribution is 9.10. The van der Waals surface area contributed by atoms with Crippen LogP contribution in [0.1, 0.15) is 26.2 Å². The average molecular weight is 376 g/mol. The Kier molecular flexibility index (Phi) is 5.34. The second kappa shape index (κ2) is 6.85. The number of hydrogen-bond donors (Lipinski definition) is 1. The van der Waals surface area contributed by atoms with Crippen molar-refractivity contribution in [1.82, 2.24) is 14.6 Å². The second-order valence-electron chi connectivity index (χ2n) is 5.07. The topological polar surface area (TPSA) is 79.4 Å². The number of likely N-dealkylation sites (tertiary alicyclic amines) is 1. The van der Waals surface area contributed by atoms with Crippen molar-refractivity contribution >= 4 is 31.9 Å². The molecule has 0 bridgehead atoms. The third kappa shape index (κ3) is 4.24. The molecule has 2 heterocycles. The van der Waals surface area contributed by atoms with Crippen molar-refractivity contribution in [2.45, 2.75) is 37.1 Å². The van der Waals surface area contributed by atoms with Crippen LogP contribution in [0.2, 0.25) is 0 Å². The van der Waals surface area contributed by atoms with E-state index in [2.05, 4.69) is 25.6 Å². The molecule has 116 valence electrons. The number of nitrogens with zero attached hydrogens (tertiary/aromatic N) is 2. The van der Waals surface area contributed by atoms with E-state index in [9.17, 15) is 13.2 Å². The fourth-order valence-corrected chi connectivity index (χ4v) is 3.98. The molecule has 0 saturated carbocycles. The molecule has 8 heteroatoms. The van der Waals surface area contributed by atoms with E-state index in [4.69, 9.17) is 0 Å². The van der Waals surface area contributed by atoms with Gasteiger partial charge in [-0.15, -0.1) is 0 Å². The highest BCUT2D eigenvalue weighted by Crippen LogP contribution is 2.15. The molecule has 1 atom stereocenters. The zero-order valence-electron chi connectivity index (χ0n) is 11.8. The molecule has 21 heavy (non-hydrogen) atoms. The fourth-order valence-electron chi connectivity index (χ4n) is 2.28. The van der Waals surface area contributed by atoms with Crippen molar-refractivity contribution in [3.05, 3.63) is 22.9 Å². The van der Waals surface area contributed by atoms with Gasteiger partial charge in [0.25, 0.3) is 0 Å². The van der Waals surface area contributed by atoms with Crippen molar-refractivity contribution in [2.24, 2.45) is 0 Å². The average Bonchev–Trinajstić information content (AvgIpc) is 2.47. The molecule has 1 aliphatic heterocycles. The Morgan fingerprint density at radius 1 is 1.33 bits per heavy atom. The number of carbonyl (C=O) groups excluding carboxylic acids is 1. The van der Waals surface area contributed by atoms with Crippen molar-refractivity contribution in [3.63, 3.8) is 0 Å². The van der Waals surface area contributed by atoms with Crippen molar-refractivity contribution in [2.75, 3.05) is 13.1 Å². The van der Waals surface area contributed by atoms with Crippen LogP contribution >= 0.6 is 15.9 Å². The molecular weight excluding hydrogens is 358 g/mol. The minimum atomic E-state index is -3.76. The lowest BCUT2D eigenvalue weighted by atomic mass is 10.1. The first kappa shape index (κ1) is 16.4. The Labute approximate surface area is 133 Å². The third-order valence-electron chi connectivity index (χ3n) is 3.36. The number of piperidine rings is 1. The summed E-state index contributed by atoms with van der Waals surface area (Å²) in [5, 5.41) is 0. The molecule has 0 aromatic carbocycles. The van der Waals surface area contributed by atoms with Gasteiger partial charge in [-0.05, 0) is 48.2 Å². The Morgan fingerprint density at radius 2 is 2.00 bits per heavy atom. The summed E-state index contributed by atoms with van der Waals surface area (Å²) in [6.45, 7) is 2.96. The summed E-state index contributed by atoms with van der Waals surface area (Å²) in [5.74, 6) is -0.179. The van der Waals surface area contributed by atoms with Gasteiger partial charge >= 0.3 is 0 Å². The molecule has 0 spiro atoms. The molecule has 1 fully saturated rings. The Morgan fingerprint density at radius 3 is 2.62 bits per heavy atom. The molecule has 6 nitrogen and oxygen atoms in total. The minimum absolute atomic E-state index is 0.0372. The number of halogens is 1. The monoisotopic (exact) mass is 375 g/mol. The van der Waals surface area contributed by atoms with E-state index in [1.54, 1.807) is 11.8 Å². The molecule has 0 radical (unpaired) electrons. The van der Waals surface area contributed by atoms with E-state index in [1.807, 2.05) is 0 Å². The van der Waals surface area contributed by atoms with Gasteiger partial charge in [-0.3, -0.25) is 9.78 Å². The molecular formula is C13H18BrN3O3S. The third-order valence-corrected chi connectivity index (χ3v) is 5.30. The van der Waals surface area contributed by atoms with Crippen LogP contribution in [0.15, 0.2) is 27.8 Å². The number of sulfonamides is 1. The number of pyridine rings is 1. The van der Waals surface area contributed by atoms with E-state index >= 15 is 0 Å². The van der Waals surface area contributed by atoms with Gasteiger partial charge in [0, 0.05) is 30.0 Å². The molecule has 1 aromatic rings. The van der Waals surface area contributed by atoms with Crippen LogP contribution in [0.3, 0.4) is 0 Å². The highest BCUT2D eigenvalue weighted by Gasteiger charge is 2.26. The van der Waals surface area contributed by atoms with E-state index in [0.29, 0.717) is 17.6 Å². The summed E-state index contributed by atoms with van der Waals surface area (Å²) < 4.78 is 27.5. The maximum Gasteiger partial charge on any atom is 0.242 e. The normalized spacial score (nSPS) is 17.5. The first-order valence-electron chi connectivity index (χ1n) is 6.82. The van der Waals surface area contributed by atoms with Crippen molar-refractivity contribution in [1.29, 1.82) is 0 Å². The summed E-state index contributed by atoms with van der Waals surface area (Å²) in [7, 11) is -3.76. The van der Waals surface area contributed by atoms with Crippen LogP contribution in [-0.4, -0.2) is 43.3 Å². The van der Waals surface area contributed by atoms with Gasteiger partial charge in [0.05, 0.1) is 6.04 Å². The molecule has 1 aliphatic rings. The lowest BCUT2D eigenvalue weighted by molar-refractivity contribution is -0.133. The van der Waals surface area contributed by atoms with Crippen LogP contribution in [-0.2, 0) is 14.8 Å². The van der Waals surface area contributed by atoms with Crippen LogP contribution < -0.4 is 4.72 Å². The van der Waals surface area contributed by atoms with Crippen LogP contribution in [0, 0.1) is 0 Å². The van der Waals surface area contributed by atoms with Gasteiger partial charge in [0.2, 0.25) is 15.9 Å². The summed E-state index contributed by atoms with van der Waals surface area (Å²) in [5.41, 5.74) is 0. The maximum absolute atomic E-state index is 12.2. The van der Waals surface area contributed by atoms with Crippen molar-refractivity contribution < 1.29 is 13.2 Å². The van der Waals surface area contributed by atoms with Crippen LogP contribution in [0.25, 0.3) is 0 Å². The molecule has 0 aliphatic carbocycles. The zero-order chi connectivity index (χ0) is 15.5. The number of hydrogen-bond acceptors (Lipinski definition) is 4. The quantitative estimate of drug-likeness (QED) is 0.864. The number of nitrogens with one attached hydrogen (secondary N) is 1. The number of carbonyl (C=O) groups is 1. The van der Waals surface area contributed by atoms with E-state index in [1.165, 1.54) is 18.5 Å². The Bertz CT molecular complexity index is 615. The largest absolute Gasteiger partial charge is 0.341 e. The van der Waals surface area contributed by atoms with E-state index in [0.717, 1.165) is 19.3 Å². The molecule has 1 unspecified atom stereocenters. The first-order valence-corrected chi connectivity index (χ1v) is 9.09. The predicted octanol–water partition coefficient (Wildman–Crippen LogP) is 1.52. The van der Waals surface area contributed by atoms with Gasteiger partial charge in [0.1, 0.15) is 4.90 Å². The molecule has 1 saturated heterocycles. The minimum Gasteiger partial charge on any atom is -0.341 e. The number of amides is 1. The first-order chi connectivity index (χ1) is 9.90.